The Hall–Kier alpha value is -4.17. The summed E-state index contributed by atoms with van der Waals surface area (Å²) in [7, 11) is 0.190. The second kappa shape index (κ2) is 9.36. The Balaban J connectivity index is 1.52. The van der Waals surface area contributed by atoms with E-state index in [1.807, 2.05) is 61.8 Å². The third kappa shape index (κ3) is 4.35. The molecular weight excluding hydrogens is 446 g/mol. The van der Waals surface area contributed by atoms with E-state index in [2.05, 4.69) is 30.7 Å². The first-order valence-electron chi connectivity index (χ1n) is 10.6. The van der Waals surface area contributed by atoms with E-state index in [1.54, 1.807) is 25.6 Å². The number of anilines is 1. The van der Waals surface area contributed by atoms with Crippen LogP contribution >= 0.6 is 0 Å². The molecule has 0 amide bonds. The van der Waals surface area contributed by atoms with Gasteiger partial charge in [0.05, 0.1) is 17.7 Å². The predicted octanol–water partition coefficient (Wildman–Crippen LogP) is 5.21. The SMILES string of the molecule is COc1cc(-c2cncc(C)c2)ccc1-c1nccc2cc(S(=O)Nc3ccncn3)ccc12. The fourth-order valence-electron chi connectivity index (χ4n) is 3.77. The highest BCUT2D eigenvalue weighted by molar-refractivity contribution is 7.86. The van der Waals surface area contributed by atoms with Crippen molar-refractivity contribution in [2.24, 2.45) is 0 Å². The fourth-order valence-corrected chi connectivity index (χ4v) is 4.62. The lowest BCUT2D eigenvalue weighted by atomic mass is 9.99. The van der Waals surface area contributed by atoms with E-state index in [9.17, 15) is 4.21 Å². The van der Waals surface area contributed by atoms with Gasteiger partial charge in [0.2, 0.25) is 0 Å². The molecule has 1 N–H and O–H groups in total. The van der Waals surface area contributed by atoms with Crippen LogP contribution in [0.3, 0.4) is 0 Å². The molecule has 7 nitrogen and oxygen atoms in total. The molecule has 0 saturated carbocycles. The Morgan fingerprint density at radius 1 is 0.882 bits per heavy atom. The maximum Gasteiger partial charge on any atom is 0.151 e. The number of fused-ring (bicyclic) bond motifs is 1. The van der Waals surface area contributed by atoms with Gasteiger partial charge in [0.25, 0.3) is 0 Å². The van der Waals surface area contributed by atoms with Crippen LogP contribution in [0.2, 0.25) is 0 Å². The molecule has 3 heterocycles. The first-order valence-corrected chi connectivity index (χ1v) is 11.7. The van der Waals surface area contributed by atoms with Crippen LogP contribution in [0.25, 0.3) is 33.2 Å². The molecule has 0 aliphatic rings. The Morgan fingerprint density at radius 2 is 1.79 bits per heavy atom. The van der Waals surface area contributed by atoms with Crippen molar-refractivity contribution in [2.75, 3.05) is 11.8 Å². The summed E-state index contributed by atoms with van der Waals surface area (Å²) in [5.74, 6) is 1.22. The molecule has 1 atom stereocenters. The Morgan fingerprint density at radius 3 is 2.59 bits per heavy atom. The summed E-state index contributed by atoms with van der Waals surface area (Å²) in [4.78, 5) is 17.5. The summed E-state index contributed by atoms with van der Waals surface area (Å²) in [6, 6.07) is 17.4. The van der Waals surface area contributed by atoms with Crippen molar-refractivity contribution in [3.05, 3.63) is 91.3 Å². The molecule has 2 aromatic carbocycles. The summed E-state index contributed by atoms with van der Waals surface area (Å²) in [6.45, 7) is 2.02. The average Bonchev–Trinajstić information content (AvgIpc) is 2.88. The van der Waals surface area contributed by atoms with Crippen LogP contribution in [-0.2, 0) is 11.0 Å². The van der Waals surface area contributed by atoms with E-state index >= 15 is 0 Å². The van der Waals surface area contributed by atoms with E-state index < -0.39 is 11.0 Å². The Kier molecular flexibility index (Phi) is 5.97. The smallest absolute Gasteiger partial charge is 0.151 e. The van der Waals surface area contributed by atoms with Crippen molar-refractivity contribution in [1.29, 1.82) is 0 Å². The van der Waals surface area contributed by atoms with Crippen molar-refractivity contribution < 1.29 is 8.95 Å². The normalized spacial score (nSPS) is 11.8. The molecule has 0 aliphatic carbocycles. The lowest BCUT2D eigenvalue weighted by Crippen LogP contribution is -2.06. The van der Waals surface area contributed by atoms with E-state index in [4.69, 9.17) is 4.74 Å². The zero-order chi connectivity index (χ0) is 23.5. The minimum absolute atomic E-state index is 0.498. The third-order valence-corrected chi connectivity index (χ3v) is 6.47. The van der Waals surface area contributed by atoms with Crippen LogP contribution in [0.1, 0.15) is 5.56 Å². The van der Waals surface area contributed by atoms with Crippen LogP contribution in [-0.4, -0.2) is 31.3 Å². The molecule has 3 aromatic heterocycles. The van der Waals surface area contributed by atoms with Gasteiger partial charge in [0, 0.05) is 41.3 Å². The number of aryl methyl sites for hydroxylation is 1. The van der Waals surface area contributed by atoms with Gasteiger partial charge in [-0.1, -0.05) is 12.1 Å². The summed E-state index contributed by atoms with van der Waals surface area (Å²) in [6.07, 6.45) is 8.43. The molecule has 0 fully saturated rings. The van der Waals surface area contributed by atoms with Gasteiger partial charge in [-0.05, 0) is 65.9 Å². The standard InChI is InChI=1S/C26H21N5O2S/c1-17-11-20(15-28-14-17)18-3-5-23(24(13-18)33-2)26-22-6-4-21(12-19(22)7-10-29-26)34(32)31-25-8-9-27-16-30-25/h3-16H,1-2H3,(H,27,30,31). The first-order chi connectivity index (χ1) is 16.6. The third-order valence-electron chi connectivity index (χ3n) is 5.39. The number of aromatic nitrogens is 4. The molecule has 34 heavy (non-hydrogen) atoms. The predicted molar refractivity (Wildman–Crippen MR) is 134 cm³/mol. The first kappa shape index (κ1) is 21.7. The van der Waals surface area contributed by atoms with Crippen molar-refractivity contribution >= 4 is 27.6 Å². The lowest BCUT2D eigenvalue weighted by molar-refractivity contribution is 0.416. The van der Waals surface area contributed by atoms with Gasteiger partial charge < -0.3 is 4.74 Å². The number of methoxy groups -OCH3 is 1. The number of benzene rings is 2. The van der Waals surface area contributed by atoms with Crippen molar-refractivity contribution in [2.45, 2.75) is 11.8 Å². The van der Waals surface area contributed by atoms with Crippen molar-refractivity contribution in [1.82, 2.24) is 19.9 Å². The quantitative estimate of drug-likeness (QED) is 0.369. The van der Waals surface area contributed by atoms with Crippen LogP contribution in [0.15, 0.2) is 90.6 Å². The van der Waals surface area contributed by atoms with Gasteiger partial charge in [-0.15, -0.1) is 0 Å². The van der Waals surface area contributed by atoms with Crippen LogP contribution in [0.4, 0.5) is 5.82 Å². The average molecular weight is 468 g/mol. The molecule has 5 rings (SSSR count). The zero-order valence-corrected chi connectivity index (χ0v) is 19.4. The van der Waals surface area contributed by atoms with Crippen molar-refractivity contribution in [3.8, 4) is 28.1 Å². The fraction of sp³-hybridized carbons (Fsp3) is 0.0769. The van der Waals surface area contributed by atoms with Gasteiger partial charge >= 0.3 is 0 Å². The number of rotatable bonds is 6. The highest BCUT2D eigenvalue weighted by atomic mass is 32.2. The minimum Gasteiger partial charge on any atom is -0.496 e. The highest BCUT2D eigenvalue weighted by Crippen LogP contribution is 2.36. The number of nitrogens with zero attached hydrogens (tertiary/aromatic N) is 4. The van der Waals surface area contributed by atoms with Gasteiger partial charge in [0.15, 0.2) is 11.0 Å². The second-order valence-corrected chi connectivity index (χ2v) is 8.89. The molecular formula is C26H21N5O2S. The van der Waals surface area contributed by atoms with Gasteiger partial charge in [-0.25, -0.2) is 14.2 Å². The maximum absolute atomic E-state index is 12.8. The minimum atomic E-state index is -1.47. The van der Waals surface area contributed by atoms with Crippen LogP contribution < -0.4 is 9.46 Å². The molecule has 8 heteroatoms. The number of ether oxygens (including phenoxy) is 1. The number of pyridine rings is 2. The van der Waals surface area contributed by atoms with Gasteiger partial charge in [0.1, 0.15) is 17.9 Å². The Bertz CT molecular complexity index is 1510. The molecule has 0 saturated heterocycles. The van der Waals surface area contributed by atoms with Crippen LogP contribution in [0.5, 0.6) is 5.75 Å². The lowest BCUT2D eigenvalue weighted by Gasteiger charge is -2.13. The summed E-state index contributed by atoms with van der Waals surface area (Å²) < 4.78 is 21.4. The Labute approximate surface area is 199 Å². The number of nitrogens with one attached hydrogen (secondary N) is 1. The number of hydrogen-bond donors (Lipinski definition) is 1. The second-order valence-electron chi connectivity index (χ2n) is 7.67. The van der Waals surface area contributed by atoms with Crippen LogP contribution in [0, 0.1) is 6.92 Å². The van der Waals surface area contributed by atoms with Crippen molar-refractivity contribution in [3.63, 3.8) is 0 Å². The molecule has 0 aliphatic heterocycles. The summed E-state index contributed by atoms with van der Waals surface area (Å²) in [5, 5.41) is 1.86. The molecule has 168 valence electrons. The topological polar surface area (TPSA) is 89.9 Å². The maximum atomic E-state index is 12.8. The number of hydrogen-bond acceptors (Lipinski definition) is 6. The van der Waals surface area contributed by atoms with E-state index in [1.165, 1.54) is 6.33 Å². The summed E-state index contributed by atoms with van der Waals surface area (Å²) >= 11 is 0. The largest absolute Gasteiger partial charge is 0.496 e. The molecule has 0 spiro atoms. The van der Waals surface area contributed by atoms with Gasteiger partial charge in [-0.3, -0.25) is 14.7 Å². The molecule has 1 unspecified atom stereocenters. The van der Waals surface area contributed by atoms with Gasteiger partial charge in [-0.2, -0.15) is 0 Å². The zero-order valence-electron chi connectivity index (χ0n) is 18.6. The monoisotopic (exact) mass is 467 g/mol. The van der Waals surface area contributed by atoms with E-state index in [-0.39, 0.29) is 0 Å². The van der Waals surface area contributed by atoms with E-state index in [0.29, 0.717) is 10.7 Å². The molecule has 0 radical (unpaired) electrons. The summed E-state index contributed by atoms with van der Waals surface area (Å²) in [5.41, 5.74) is 4.82. The molecule has 0 bridgehead atoms. The highest BCUT2D eigenvalue weighted by Gasteiger charge is 2.14. The van der Waals surface area contributed by atoms with E-state index in [0.717, 1.165) is 44.5 Å². The molecule has 5 aromatic rings.